The summed E-state index contributed by atoms with van der Waals surface area (Å²) in [5.74, 6) is -1.04. The quantitative estimate of drug-likeness (QED) is 0.357. The molecule has 2 aliphatic rings. The number of aryl methyl sites for hydroxylation is 1. The molecule has 4 rings (SSSR count). The summed E-state index contributed by atoms with van der Waals surface area (Å²) in [6.45, 7) is 12.1. The lowest BCUT2D eigenvalue weighted by Gasteiger charge is -2.43. The Morgan fingerprint density at radius 3 is 2.51 bits per heavy atom. The number of β-lactam (4-membered cyclic amide) rings is 1. The fourth-order valence-corrected chi connectivity index (χ4v) is 6.97. The number of hydrogen-bond donors (Lipinski definition) is 1. The Balaban J connectivity index is 1.48. The molecule has 2 aliphatic heterocycles. The summed E-state index contributed by atoms with van der Waals surface area (Å²) < 4.78 is 10.3. The highest BCUT2D eigenvalue weighted by Gasteiger charge is 2.64. The zero-order valence-electron chi connectivity index (χ0n) is 21.3. The van der Waals surface area contributed by atoms with E-state index < -0.39 is 34.1 Å². The second-order valence-electron chi connectivity index (χ2n) is 9.46. The Hall–Kier alpha value is -2.27. The Kier molecular flexibility index (Phi) is 8.13. The molecule has 200 valence electrons. The Bertz CT molecular complexity index is 1200. The van der Waals surface area contributed by atoms with Crippen LogP contribution in [0.25, 0.3) is 11.3 Å². The molecule has 3 heterocycles. The third-order valence-corrected chi connectivity index (χ3v) is 8.99. The maximum Gasteiger partial charge on any atom is 0.330 e. The van der Waals surface area contributed by atoms with Crippen LogP contribution in [0, 0.1) is 6.92 Å². The van der Waals surface area contributed by atoms with Gasteiger partial charge in [-0.2, -0.15) is 0 Å². The Morgan fingerprint density at radius 2 is 1.89 bits per heavy atom. The van der Waals surface area contributed by atoms with Crippen molar-refractivity contribution in [2.24, 2.45) is 0 Å². The molecular formula is C25H30Cl2N4O5S. The number of thioether (sulfide) groups is 1. The molecule has 1 N–H and O–H groups in total. The number of carbonyl (C=O) groups is 3. The lowest BCUT2D eigenvalue weighted by molar-refractivity contribution is -0.163. The van der Waals surface area contributed by atoms with Gasteiger partial charge in [0.25, 0.3) is 5.91 Å². The average Bonchev–Trinajstić information content (AvgIpc) is 3.34. The summed E-state index contributed by atoms with van der Waals surface area (Å²) in [6.07, 6.45) is 0. The minimum atomic E-state index is -0.811. The number of ether oxygens (including phenoxy) is 1. The van der Waals surface area contributed by atoms with E-state index in [0.29, 0.717) is 22.2 Å². The fourth-order valence-electron chi connectivity index (χ4n) is 4.77. The monoisotopic (exact) mass is 568 g/mol. The summed E-state index contributed by atoms with van der Waals surface area (Å²) in [5, 5.41) is 7.04. The molecule has 2 fully saturated rings. The molecule has 0 radical (unpaired) electrons. The summed E-state index contributed by atoms with van der Waals surface area (Å²) in [6, 6.07) is 3.41. The van der Waals surface area contributed by atoms with Crippen molar-refractivity contribution in [2.75, 3.05) is 26.2 Å². The smallest absolute Gasteiger partial charge is 0.330 e. The van der Waals surface area contributed by atoms with Crippen molar-refractivity contribution < 1.29 is 23.6 Å². The molecule has 0 aliphatic carbocycles. The van der Waals surface area contributed by atoms with Gasteiger partial charge in [0.15, 0.2) is 0 Å². The zero-order valence-corrected chi connectivity index (χ0v) is 23.7. The molecule has 1 unspecified atom stereocenters. The van der Waals surface area contributed by atoms with Gasteiger partial charge in [-0.15, -0.1) is 11.8 Å². The normalized spacial score (nSPS) is 22.1. The second-order valence-corrected chi connectivity index (χ2v) is 12.0. The molecule has 37 heavy (non-hydrogen) atoms. The molecule has 2 saturated heterocycles. The molecule has 2 amide bonds. The lowest BCUT2D eigenvalue weighted by Crippen LogP contribution is -2.70. The van der Waals surface area contributed by atoms with Crippen LogP contribution in [0.4, 0.5) is 0 Å². The third-order valence-electron chi connectivity index (χ3n) is 6.79. The molecule has 1 aromatic heterocycles. The predicted molar refractivity (Wildman–Crippen MR) is 143 cm³/mol. The van der Waals surface area contributed by atoms with Crippen LogP contribution in [0.3, 0.4) is 0 Å². The molecule has 1 aromatic carbocycles. The van der Waals surface area contributed by atoms with Crippen LogP contribution in [0.1, 0.15) is 43.8 Å². The highest BCUT2D eigenvalue weighted by atomic mass is 35.5. The molecule has 3 atom stereocenters. The number of amides is 2. The van der Waals surface area contributed by atoms with Gasteiger partial charge in [-0.05, 0) is 46.0 Å². The number of hydrogen-bond acceptors (Lipinski definition) is 8. The van der Waals surface area contributed by atoms with Crippen molar-refractivity contribution in [3.05, 3.63) is 39.6 Å². The van der Waals surface area contributed by atoms with Gasteiger partial charge in [0, 0.05) is 16.9 Å². The molecule has 0 saturated carbocycles. The molecule has 12 heteroatoms. The first-order valence-corrected chi connectivity index (χ1v) is 13.8. The van der Waals surface area contributed by atoms with Crippen LogP contribution in [0.15, 0.2) is 22.7 Å². The van der Waals surface area contributed by atoms with Crippen molar-refractivity contribution in [3.8, 4) is 11.3 Å². The standard InChI is InChI=1S/C25H30Cl2N4O5S/c1-6-30(7-2)11-12-35-24(34)20-25(4,5)37-23-19(22(33)31(20)23)28-21(32)16-13(3)36-29-18(16)17-14(26)9-8-10-15(17)27/h8-10,19-20,23H,6-7,11-12H2,1-5H3,(H,28,32)/t19?,20-,23+/m0/s1. The Labute approximate surface area is 230 Å². The zero-order chi connectivity index (χ0) is 27.1. The van der Waals surface area contributed by atoms with E-state index in [1.165, 1.54) is 16.7 Å². The van der Waals surface area contributed by atoms with Crippen molar-refractivity contribution >= 4 is 52.7 Å². The maximum atomic E-state index is 13.3. The van der Waals surface area contributed by atoms with Crippen LogP contribution in [-0.2, 0) is 14.3 Å². The second kappa shape index (κ2) is 10.8. The highest BCUT2D eigenvalue weighted by molar-refractivity contribution is 8.01. The van der Waals surface area contributed by atoms with Gasteiger partial charge < -0.3 is 24.4 Å². The molecule has 0 bridgehead atoms. The number of nitrogens with zero attached hydrogens (tertiary/aromatic N) is 3. The van der Waals surface area contributed by atoms with Crippen LogP contribution in [-0.4, -0.2) is 81.2 Å². The minimum absolute atomic E-state index is 0.149. The number of rotatable bonds is 9. The largest absolute Gasteiger partial charge is 0.463 e. The van der Waals surface area contributed by atoms with E-state index in [2.05, 4.69) is 15.4 Å². The molecule has 2 aromatic rings. The number of aromatic nitrogens is 1. The lowest BCUT2D eigenvalue weighted by atomic mass is 9.95. The topological polar surface area (TPSA) is 105 Å². The van der Waals surface area contributed by atoms with Crippen molar-refractivity contribution in [3.63, 3.8) is 0 Å². The van der Waals surface area contributed by atoms with E-state index in [1.54, 1.807) is 25.1 Å². The van der Waals surface area contributed by atoms with E-state index in [1.807, 2.05) is 27.7 Å². The summed E-state index contributed by atoms with van der Waals surface area (Å²) in [5.41, 5.74) is 0.720. The van der Waals surface area contributed by atoms with Crippen molar-refractivity contribution in [2.45, 2.75) is 56.8 Å². The van der Waals surface area contributed by atoms with Gasteiger partial charge in [0.05, 0.1) is 10.0 Å². The van der Waals surface area contributed by atoms with Gasteiger partial charge in [-0.3, -0.25) is 9.59 Å². The first-order valence-electron chi connectivity index (χ1n) is 12.1. The number of esters is 1. The fraction of sp³-hybridized carbons (Fsp3) is 0.520. The van der Waals surface area contributed by atoms with Gasteiger partial charge in [0.2, 0.25) is 5.91 Å². The van der Waals surface area contributed by atoms with E-state index in [-0.39, 0.29) is 29.5 Å². The van der Waals surface area contributed by atoms with Crippen molar-refractivity contribution in [1.29, 1.82) is 0 Å². The van der Waals surface area contributed by atoms with Crippen LogP contribution in [0.5, 0.6) is 0 Å². The number of halogens is 2. The van der Waals surface area contributed by atoms with E-state index >= 15 is 0 Å². The number of benzene rings is 1. The van der Waals surface area contributed by atoms with Crippen LogP contribution >= 0.6 is 35.0 Å². The van der Waals surface area contributed by atoms with Gasteiger partial charge in [-0.25, -0.2) is 4.79 Å². The number of nitrogens with one attached hydrogen (secondary N) is 1. The summed E-state index contributed by atoms with van der Waals surface area (Å²) in [4.78, 5) is 43.2. The first-order chi connectivity index (χ1) is 17.5. The number of fused-ring (bicyclic) bond motifs is 1. The SMILES string of the molecule is CCN(CC)CCOC(=O)[C@@H]1N2C(=O)C(NC(=O)c3c(-c4c(Cl)cccc4Cl)noc3C)[C@H]2SC1(C)C. The van der Waals surface area contributed by atoms with E-state index in [4.69, 9.17) is 32.5 Å². The predicted octanol–water partition coefficient (Wildman–Crippen LogP) is 4.00. The minimum Gasteiger partial charge on any atom is -0.463 e. The van der Waals surface area contributed by atoms with Crippen LogP contribution < -0.4 is 5.32 Å². The first kappa shape index (κ1) is 27.8. The van der Waals surface area contributed by atoms with Crippen LogP contribution in [0.2, 0.25) is 10.0 Å². The maximum absolute atomic E-state index is 13.3. The number of likely N-dealkylation sites (N-methyl/N-ethyl adjacent to an activating group) is 1. The van der Waals surface area contributed by atoms with E-state index in [0.717, 1.165) is 13.1 Å². The third kappa shape index (κ3) is 5.08. The van der Waals surface area contributed by atoms with E-state index in [9.17, 15) is 14.4 Å². The van der Waals surface area contributed by atoms with Gasteiger partial charge >= 0.3 is 5.97 Å². The summed E-state index contributed by atoms with van der Waals surface area (Å²) >= 11 is 14.1. The Morgan fingerprint density at radius 1 is 1.24 bits per heavy atom. The highest BCUT2D eigenvalue weighted by Crippen LogP contribution is 2.51. The molecular weight excluding hydrogens is 539 g/mol. The van der Waals surface area contributed by atoms with Gasteiger partial charge in [-0.1, -0.05) is 48.3 Å². The van der Waals surface area contributed by atoms with Gasteiger partial charge in [0.1, 0.15) is 41.1 Å². The number of carbonyl (C=O) groups excluding carboxylic acids is 3. The molecule has 0 spiro atoms. The average molecular weight is 570 g/mol. The molecule has 9 nitrogen and oxygen atoms in total. The van der Waals surface area contributed by atoms with Crippen molar-refractivity contribution in [1.82, 2.24) is 20.3 Å². The summed E-state index contributed by atoms with van der Waals surface area (Å²) in [7, 11) is 0.